The number of aliphatic carboxylic acids is 1. The van der Waals surface area contributed by atoms with Crippen molar-refractivity contribution in [1.82, 2.24) is 15.1 Å². The van der Waals surface area contributed by atoms with Crippen LogP contribution in [0.5, 0.6) is 11.5 Å². The van der Waals surface area contributed by atoms with Crippen LogP contribution in [0.15, 0.2) is 181 Å². The second-order valence-corrected chi connectivity index (χ2v) is 29.2. The lowest BCUT2D eigenvalue weighted by Crippen LogP contribution is -2.49. The molecular formula is C74H81B2F3N4O8Si. The van der Waals surface area contributed by atoms with Crippen molar-refractivity contribution >= 4 is 79.1 Å². The van der Waals surface area contributed by atoms with E-state index >= 15 is 0 Å². The third-order valence-corrected chi connectivity index (χ3v) is 20.6. The molecule has 0 saturated heterocycles. The number of nitrogens with zero attached hydrogens (tertiary/aromatic N) is 3. The van der Waals surface area contributed by atoms with Crippen molar-refractivity contribution in [3.05, 3.63) is 225 Å². The highest BCUT2D eigenvalue weighted by molar-refractivity contribution is 6.98. The van der Waals surface area contributed by atoms with Gasteiger partial charge in [-0.2, -0.15) is 13.2 Å². The summed E-state index contributed by atoms with van der Waals surface area (Å²) in [6.45, 7) is 27.0. The zero-order valence-electron chi connectivity index (χ0n) is 54.1. The van der Waals surface area contributed by atoms with Gasteiger partial charge in [0.05, 0.1) is 0 Å². The number of allylic oxidation sites excluding steroid dienone is 6. The molecule has 7 aromatic carbocycles. The maximum absolute atomic E-state index is 12.8. The summed E-state index contributed by atoms with van der Waals surface area (Å²) in [5.41, 5.74) is 16.3. The molecular weight excluding hydrogens is 1180 g/mol. The topological polar surface area (TPSA) is 155 Å². The molecule has 7 aromatic rings. The van der Waals surface area contributed by atoms with Crippen LogP contribution in [0.4, 0.5) is 13.2 Å². The number of alkyl halides is 3. The highest BCUT2D eigenvalue weighted by atomic mass is 28.3. The highest BCUT2D eigenvalue weighted by Crippen LogP contribution is 2.44. The molecule has 0 spiro atoms. The van der Waals surface area contributed by atoms with E-state index in [4.69, 9.17) is 19.2 Å². The van der Waals surface area contributed by atoms with E-state index in [9.17, 15) is 32.8 Å². The molecule has 92 heavy (non-hydrogen) atoms. The molecule has 1 aliphatic heterocycles. The Labute approximate surface area is 541 Å². The summed E-state index contributed by atoms with van der Waals surface area (Å²) >= 11 is 0. The number of carboxylic acid groups (broad SMARTS) is 1. The minimum Gasteiger partial charge on any atom is -0.542 e. The van der Waals surface area contributed by atoms with E-state index in [2.05, 4.69) is 178 Å². The van der Waals surface area contributed by atoms with Gasteiger partial charge in [0, 0.05) is 74.5 Å². The van der Waals surface area contributed by atoms with Crippen molar-refractivity contribution in [1.29, 1.82) is 0 Å². The number of benzene rings is 7. The average molecular weight is 1260 g/mol. The fraction of sp³-hybridized carbons (Fsp3) is 0.297. The number of ketones is 1. The summed E-state index contributed by atoms with van der Waals surface area (Å²) in [5.74, 6) is -1.55. The normalized spacial score (nSPS) is 13.3. The Morgan fingerprint density at radius 3 is 1.79 bits per heavy atom. The number of carbonyl (C=O) groups excluding carboxylic acids is 3. The van der Waals surface area contributed by atoms with Gasteiger partial charge in [0.1, 0.15) is 39.6 Å². The molecule has 0 unspecified atom stereocenters. The molecule has 0 fully saturated rings. The van der Waals surface area contributed by atoms with Crippen molar-refractivity contribution in [3.8, 4) is 22.6 Å². The van der Waals surface area contributed by atoms with Gasteiger partial charge in [0.2, 0.25) is 5.91 Å². The van der Waals surface area contributed by atoms with E-state index in [1.165, 1.54) is 60.6 Å². The van der Waals surface area contributed by atoms with E-state index in [1.54, 1.807) is 13.8 Å². The maximum Gasteiger partial charge on any atom is 0.569 e. The first-order valence-corrected chi connectivity index (χ1v) is 34.0. The molecule has 12 nitrogen and oxygen atoms in total. The lowest BCUT2D eigenvalue weighted by molar-refractivity contribution is -0.462. The predicted molar refractivity (Wildman–Crippen MR) is 365 cm³/mol. The first-order valence-electron chi connectivity index (χ1n) is 31.0. The summed E-state index contributed by atoms with van der Waals surface area (Å²) in [5, 5.41) is 39.0. The number of amides is 1. The summed E-state index contributed by atoms with van der Waals surface area (Å²) in [6.07, 6.45) is 4.48. The van der Waals surface area contributed by atoms with Crippen LogP contribution in [-0.2, 0) is 40.6 Å². The number of fused-ring (bicyclic) bond motifs is 4. The van der Waals surface area contributed by atoms with Gasteiger partial charge in [0.15, 0.2) is 11.5 Å². The van der Waals surface area contributed by atoms with Gasteiger partial charge in [-0.1, -0.05) is 143 Å². The number of hydrogen-bond donors (Lipinski definition) is 3. The van der Waals surface area contributed by atoms with Gasteiger partial charge in [-0.05, 0) is 176 Å². The van der Waals surface area contributed by atoms with Crippen LogP contribution in [0, 0.1) is 6.92 Å². The number of carboxylic acids is 1. The molecule has 3 N–H and O–H groups in total. The van der Waals surface area contributed by atoms with Crippen molar-refractivity contribution in [2.45, 2.75) is 112 Å². The summed E-state index contributed by atoms with van der Waals surface area (Å²) in [6, 6.07) is 45.6. The van der Waals surface area contributed by atoms with Crippen molar-refractivity contribution in [2.24, 2.45) is 0 Å². The van der Waals surface area contributed by atoms with E-state index < -0.39 is 20.2 Å². The predicted octanol–water partition coefficient (Wildman–Crippen LogP) is 12.1. The van der Waals surface area contributed by atoms with Crippen LogP contribution in [0.1, 0.15) is 104 Å². The van der Waals surface area contributed by atoms with Crippen LogP contribution >= 0.6 is 0 Å². The number of rotatable bonds is 26. The second-order valence-electron chi connectivity index (χ2n) is 24.9. The molecule has 476 valence electrons. The van der Waals surface area contributed by atoms with E-state index in [0.29, 0.717) is 93.6 Å². The lowest BCUT2D eigenvalue weighted by Gasteiger charge is -2.38. The zero-order valence-corrected chi connectivity index (χ0v) is 55.1. The van der Waals surface area contributed by atoms with E-state index in [-0.39, 0.29) is 11.7 Å². The number of carbonyl (C=O) groups is 3. The molecule has 0 saturated carbocycles. The van der Waals surface area contributed by atoms with Gasteiger partial charge in [-0.15, -0.1) is 0 Å². The summed E-state index contributed by atoms with van der Waals surface area (Å²) in [4.78, 5) is 39.2. The van der Waals surface area contributed by atoms with Crippen LogP contribution in [0.2, 0.25) is 13.1 Å². The summed E-state index contributed by atoms with van der Waals surface area (Å²) in [7, 11) is 3.54. The Morgan fingerprint density at radius 2 is 1.24 bits per heavy atom. The van der Waals surface area contributed by atoms with Crippen LogP contribution in [-0.4, -0.2) is 111 Å². The molecule has 2 aliphatic rings. The van der Waals surface area contributed by atoms with Gasteiger partial charge in [-0.3, -0.25) is 19.4 Å². The lowest BCUT2D eigenvalue weighted by atomic mass is 9.85. The molecule has 9 rings (SSSR count). The Hall–Kier alpha value is -8.38. The molecule has 1 heterocycles. The van der Waals surface area contributed by atoms with Crippen LogP contribution in [0.25, 0.3) is 38.2 Å². The number of nitrogens with one attached hydrogen (secondary N) is 1. The first kappa shape index (κ1) is 69.5. The largest absolute Gasteiger partial charge is 0.569 e. The number of hydrogen-bond acceptors (Lipinski definition) is 10. The maximum atomic E-state index is 12.8. The SMILES string of the molecule is C=C(C)C(=O)CCCCN(Cc1ccccc1O[B]O)Cc1c2ccccc2c(CN(CCCNC(=O)C(=C)C)Cc2ccccc2O[B]O)c2ccc(-c3cc(C)cc(C4=C5C=CC(=[N+](C)C)C=C5[Si](C)(C)c5cc(C(C)C)ccc54)c3)cc12.O=C([O-])C(F)(F)F. The Kier molecular flexibility index (Phi) is 23.3. The molecule has 0 atom stereocenters. The molecule has 0 bridgehead atoms. The minimum atomic E-state index is -5.19. The van der Waals surface area contributed by atoms with E-state index in [0.717, 1.165) is 65.6 Å². The van der Waals surface area contributed by atoms with Gasteiger partial charge in [-0.25, -0.2) is 4.58 Å². The Bertz CT molecular complexity index is 4080. The molecule has 1 aliphatic carbocycles. The van der Waals surface area contributed by atoms with Crippen LogP contribution < -0.4 is 24.9 Å². The quantitative estimate of drug-likeness (QED) is 0.0157. The third-order valence-electron chi connectivity index (χ3n) is 17.1. The number of aryl methyl sites for hydroxylation is 1. The van der Waals surface area contributed by atoms with Gasteiger partial charge in [0.25, 0.3) is 0 Å². The average Bonchev–Trinajstić information content (AvgIpc) is 0.730. The van der Waals surface area contributed by atoms with E-state index in [1.807, 2.05) is 48.5 Å². The number of halogens is 3. The monoisotopic (exact) mass is 1260 g/mol. The van der Waals surface area contributed by atoms with Crippen molar-refractivity contribution in [2.75, 3.05) is 33.7 Å². The number of unbranched alkanes of at least 4 members (excludes halogenated alkanes) is 1. The smallest absolute Gasteiger partial charge is 0.542 e. The number of Topliss-reactive ketones (excluding diaryl/α,β-unsaturated/α-hetero) is 1. The van der Waals surface area contributed by atoms with Gasteiger partial charge >= 0.3 is 21.5 Å². The zero-order chi connectivity index (χ0) is 66.6. The Balaban J connectivity index is 0.00000147. The highest BCUT2D eigenvalue weighted by Gasteiger charge is 2.41. The Morgan fingerprint density at radius 1 is 0.685 bits per heavy atom. The van der Waals surface area contributed by atoms with Crippen molar-refractivity contribution in [3.63, 3.8) is 0 Å². The fourth-order valence-corrected chi connectivity index (χ4v) is 15.3. The third kappa shape index (κ3) is 16.8. The minimum absolute atomic E-state index is 0.0799. The summed E-state index contributed by atoms with van der Waals surface area (Å²) < 4.78 is 45.1. The molecule has 18 heteroatoms. The fourth-order valence-electron chi connectivity index (χ4n) is 12.2. The van der Waals surface area contributed by atoms with Crippen molar-refractivity contribution < 1.29 is 56.6 Å². The van der Waals surface area contributed by atoms with Crippen LogP contribution in [0.3, 0.4) is 0 Å². The van der Waals surface area contributed by atoms with Gasteiger partial charge < -0.3 is 34.6 Å². The first-order chi connectivity index (χ1) is 43.8. The number of para-hydroxylation sites is 2. The molecule has 0 aromatic heterocycles. The standard InChI is InChI=1S/C72H80B2N4O6Si.C2HF3O2/c1-47(2)51-28-32-61-69(41-51)85(10,11)70-42-57(76(8)9)30-33-62(70)71(61)56-38-50(7)37-55(39-56)52-29-31-60-63(40-52)65(46-77(35-19-18-25-66(79)48(3)4)43-53-21-12-16-26-67(53)83-73-81)59-24-15-14-23-58(59)64(60)45-78(36-20-34-75-72(80)49(5)6)44-54-22-13-17-27-68(54)84-74-82;3-2(4,5)1(6)7/h12-17,21-24,26-33,37-42,47,81-82H,3,5,18-20,25,34-36,43-46H2,1-2,4,6-11H3;(H,6,7). The molecule has 1 amide bonds. The molecule has 2 radical (unpaired) electrons. The second kappa shape index (κ2) is 30.8.